The molecule has 1 aliphatic heterocycles. The molecule has 1 unspecified atom stereocenters. The number of benzene rings is 2. The van der Waals surface area contributed by atoms with Gasteiger partial charge in [0.2, 0.25) is 11.8 Å². The number of hydrogen-bond acceptors (Lipinski definition) is 3. The lowest BCUT2D eigenvalue weighted by Gasteiger charge is -2.36. The lowest BCUT2D eigenvalue weighted by atomic mass is 9.91. The molecule has 2 amide bonds. The number of methoxy groups -OCH3 is 1. The van der Waals surface area contributed by atoms with Gasteiger partial charge in [-0.1, -0.05) is 48.5 Å². The number of fused-ring (bicyclic) bond motifs is 2. The minimum atomic E-state index is -0.596. The quantitative estimate of drug-likeness (QED) is 0.903. The second-order valence-electron chi connectivity index (χ2n) is 7.25. The molecule has 0 bridgehead atoms. The van der Waals surface area contributed by atoms with Gasteiger partial charge in [-0.15, -0.1) is 0 Å². The van der Waals surface area contributed by atoms with Crippen molar-refractivity contribution in [2.24, 2.45) is 0 Å². The summed E-state index contributed by atoms with van der Waals surface area (Å²) in [5.41, 5.74) is 4.63. The monoisotopic (exact) mass is 364 g/mol. The number of nitrogens with zero attached hydrogens (tertiary/aromatic N) is 1. The molecule has 2 aromatic rings. The smallest absolute Gasteiger partial charge is 0.249 e. The maximum atomic E-state index is 13.2. The highest BCUT2D eigenvalue weighted by Crippen LogP contribution is 2.31. The predicted octanol–water partition coefficient (Wildman–Crippen LogP) is 2.04. The molecule has 27 heavy (non-hydrogen) atoms. The molecule has 5 heteroatoms. The third-order valence-electron chi connectivity index (χ3n) is 5.52. The van der Waals surface area contributed by atoms with Crippen molar-refractivity contribution < 1.29 is 14.3 Å². The van der Waals surface area contributed by atoms with E-state index >= 15 is 0 Å². The third kappa shape index (κ3) is 3.47. The zero-order valence-electron chi connectivity index (χ0n) is 15.5. The topological polar surface area (TPSA) is 58.6 Å². The van der Waals surface area contributed by atoms with Crippen LogP contribution in [0.4, 0.5) is 0 Å². The summed E-state index contributed by atoms with van der Waals surface area (Å²) in [5, 5.41) is 3.19. The Morgan fingerprint density at radius 1 is 1.04 bits per heavy atom. The van der Waals surface area contributed by atoms with E-state index in [4.69, 9.17) is 4.74 Å². The molecular weight excluding hydrogens is 340 g/mol. The van der Waals surface area contributed by atoms with Crippen LogP contribution in [0.2, 0.25) is 0 Å². The molecule has 0 radical (unpaired) electrons. The van der Waals surface area contributed by atoms with Crippen LogP contribution >= 0.6 is 0 Å². The molecule has 0 fully saturated rings. The van der Waals surface area contributed by atoms with E-state index in [0.717, 1.165) is 30.4 Å². The minimum Gasteiger partial charge on any atom is -0.375 e. The number of amides is 2. The Morgan fingerprint density at radius 2 is 1.67 bits per heavy atom. The van der Waals surface area contributed by atoms with Crippen molar-refractivity contribution in [2.75, 3.05) is 20.3 Å². The molecular formula is C22H24N2O3. The van der Waals surface area contributed by atoms with E-state index in [2.05, 4.69) is 17.4 Å². The van der Waals surface area contributed by atoms with Gasteiger partial charge in [0.1, 0.15) is 12.6 Å². The predicted molar refractivity (Wildman–Crippen MR) is 102 cm³/mol. The minimum absolute atomic E-state index is 0.0131. The molecule has 0 spiro atoms. The first kappa shape index (κ1) is 17.7. The Bertz CT molecular complexity index is 839. The first-order valence-electron chi connectivity index (χ1n) is 9.40. The van der Waals surface area contributed by atoms with Gasteiger partial charge in [-0.3, -0.25) is 9.59 Å². The fraction of sp³-hybridized carbons (Fsp3) is 0.364. The van der Waals surface area contributed by atoms with Crippen molar-refractivity contribution in [3.63, 3.8) is 0 Å². The van der Waals surface area contributed by atoms with Gasteiger partial charge in [0, 0.05) is 19.7 Å². The number of nitrogens with one attached hydrogen (secondary N) is 1. The Hall–Kier alpha value is -2.66. The number of rotatable bonds is 4. The highest BCUT2D eigenvalue weighted by Gasteiger charge is 2.37. The molecule has 4 rings (SSSR count). The maximum Gasteiger partial charge on any atom is 0.249 e. The van der Waals surface area contributed by atoms with Crippen molar-refractivity contribution in [2.45, 2.75) is 31.3 Å². The van der Waals surface area contributed by atoms with E-state index < -0.39 is 6.04 Å². The highest BCUT2D eigenvalue weighted by molar-refractivity contribution is 5.90. The van der Waals surface area contributed by atoms with Gasteiger partial charge in [0.25, 0.3) is 0 Å². The van der Waals surface area contributed by atoms with E-state index in [0.29, 0.717) is 6.54 Å². The van der Waals surface area contributed by atoms with Crippen molar-refractivity contribution in [1.29, 1.82) is 0 Å². The summed E-state index contributed by atoms with van der Waals surface area (Å²) < 4.78 is 5.03. The van der Waals surface area contributed by atoms with Crippen molar-refractivity contribution in [1.82, 2.24) is 10.2 Å². The summed E-state index contributed by atoms with van der Waals surface area (Å²) >= 11 is 0. The Morgan fingerprint density at radius 3 is 2.33 bits per heavy atom. The fourth-order valence-electron chi connectivity index (χ4n) is 4.27. The van der Waals surface area contributed by atoms with Crippen LogP contribution in [-0.2, 0) is 33.6 Å². The molecule has 0 aromatic heterocycles. The van der Waals surface area contributed by atoms with Gasteiger partial charge in [0.15, 0.2) is 0 Å². The SMILES string of the molecule is COCC(=O)N1CCc2ccccc2C1C(=O)NC1Cc2ccccc2C1. The van der Waals surface area contributed by atoms with Gasteiger partial charge < -0.3 is 15.0 Å². The summed E-state index contributed by atoms with van der Waals surface area (Å²) in [6.07, 6.45) is 2.43. The van der Waals surface area contributed by atoms with Gasteiger partial charge in [-0.2, -0.15) is 0 Å². The Balaban J connectivity index is 1.56. The van der Waals surface area contributed by atoms with E-state index in [1.165, 1.54) is 18.2 Å². The Kier molecular flexibility index (Phi) is 4.94. The van der Waals surface area contributed by atoms with Gasteiger partial charge in [-0.25, -0.2) is 0 Å². The van der Waals surface area contributed by atoms with Crippen LogP contribution in [-0.4, -0.2) is 43.0 Å². The van der Waals surface area contributed by atoms with Gasteiger partial charge >= 0.3 is 0 Å². The van der Waals surface area contributed by atoms with Crippen LogP contribution in [0, 0.1) is 0 Å². The third-order valence-corrected chi connectivity index (χ3v) is 5.52. The second-order valence-corrected chi connectivity index (χ2v) is 7.25. The summed E-state index contributed by atoms with van der Waals surface area (Å²) in [4.78, 5) is 27.5. The van der Waals surface area contributed by atoms with E-state index in [1.807, 2.05) is 36.4 Å². The second kappa shape index (κ2) is 7.53. The molecule has 0 saturated heterocycles. The zero-order valence-corrected chi connectivity index (χ0v) is 15.5. The molecule has 1 aliphatic carbocycles. The van der Waals surface area contributed by atoms with Crippen LogP contribution in [0.5, 0.6) is 0 Å². The Labute approximate surface area is 159 Å². The number of ether oxygens (including phenoxy) is 1. The first-order chi connectivity index (χ1) is 13.2. The summed E-state index contributed by atoms with van der Waals surface area (Å²) in [6, 6.07) is 15.7. The van der Waals surface area contributed by atoms with Crippen molar-refractivity contribution in [3.05, 3.63) is 70.8 Å². The molecule has 2 aromatic carbocycles. The standard InChI is InChI=1S/C22H24N2O3/c1-27-14-20(25)24-11-10-15-6-4-5-9-19(15)21(24)22(26)23-18-12-16-7-2-3-8-17(16)13-18/h2-9,18,21H,10-14H2,1H3,(H,23,26). The number of hydrogen-bond donors (Lipinski definition) is 1. The van der Waals surface area contributed by atoms with Crippen LogP contribution in [0.3, 0.4) is 0 Å². The summed E-state index contributed by atoms with van der Waals surface area (Å²) in [7, 11) is 1.50. The molecule has 2 aliphatic rings. The molecule has 1 heterocycles. The molecule has 1 atom stereocenters. The normalized spacial score (nSPS) is 18.7. The van der Waals surface area contributed by atoms with E-state index in [1.54, 1.807) is 4.90 Å². The van der Waals surface area contributed by atoms with Crippen LogP contribution in [0.1, 0.15) is 28.3 Å². The molecule has 140 valence electrons. The van der Waals surface area contributed by atoms with Crippen LogP contribution in [0.25, 0.3) is 0 Å². The van der Waals surface area contributed by atoms with E-state index in [-0.39, 0.29) is 24.5 Å². The van der Waals surface area contributed by atoms with Crippen LogP contribution in [0.15, 0.2) is 48.5 Å². The molecule has 5 nitrogen and oxygen atoms in total. The fourth-order valence-corrected chi connectivity index (χ4v) is 4.27. The summed E-state index contributed by atoms with van der Waals surface area (Å²) in [5.74, 6) is -0.258. The number of carbonyl (C=O) groups excluding carboxylic acids is 2. The van der Waals surface area contributed by atoms with Crippen molar-refractivity contribution >= 4 is 11.8 Å². The van der Waals surface area contributed by atoms with Gasteiger partial charge in [-0.05, 0) is 41.5 Å². The highest BCUT2D eigenvalue weighted by atomic mass is 16.5. The zero-order chi connectivity index (χ0) is 18.8. The largest absolute Gasteiger partial charge is 0.375 e. The van der Waals surface area contributed by atoms with Gasteiger partial charge in [0.05, 0.1) is 0 Å². The maximum absolute atomic E-state index is 13.2. The average molecular weight is 364 g/mol. The average Bonchev–Trinajstić information content (AvgIpc) is 3.09. The van der Waals surface area contributed by atoms with Crippen molar-refractivity contribution in [3.8, 4) is 0 Å². The number of carbonyl (C=O) groups is 2. The van der Waals surface area contributed by atoms with Crippen LogP contribution < -0.4 is 5.32 Å². The lowest BCUT2D eigenvalue weighted by molar-refractivity contribution is -0.144. The lowest BCUT2D eigenvalue weighted by Crippen LogP contribution is -2.50. The molecule has 1 N–H and O–H groups in total. The van der Waals surface area contributed by atoms with E-state index in [9.17, 15) is 9.59 Å². The molecule has 0 saturated carbocycles. The first-order valence-corrected chi connectivity index (χ1v) is 9.40. The summed E-state index contributed by atoms with van der Waals surface area (Å²) in [6.45, 7) is 0.517.